The van der Waals surface area contributed by atoms with E-state index < -0.39 is 5.91 Å². The molecule has 0 aliphatic heterocycles. The van der Waals surface area contributed by atoms with E-state index in [2.05, 4.69) is 13.0 Å². The minimum absolute atomic E-state index is 0.716. The Labute approximate surface area is 94.1 Å². The fraction of sp³-hybridized carbons (Fsp3) is 0.833. The van der Waals surface area contributed by atoms with Crippen LogP contribution in [-0.4, -0.2) is 39.1 Å². The summed E-state index contributed by atoms with van der Waals surface area (Å²) in [6.07, 6.45) is 8.94. The third kappa shape index (κ3) is 4.78. The van der Waals surface area contributed by atoms with Crippen LogP contribution in [0, 0.1) is 0 Å². The van der Waals surface area contributed by atoms with E-state index in [-0.39, 0.29) is 0 Å². The van der Waals surface area contributed by atoms with Crippen LogP contribution in [0.2, 0.25) is 0 Å². The Balaban J connectivity index is 4.15. The summed E-state index contributed by atoms with van der Waals surface area (Å²) in [6, 6.07) is 0. The number of nitrogens with zero attached hydrogens (tertiary/aromatic N) is 1. The van der Waals surface area contributed by atoms with Crippen LogP contribution in [0.3, 0.4) is 0 Å². The second-order valence-corrected chi connectivity index (χ2v) is 3.83. The lowest BCUT2D eigenvalue weighted by molar-refractivity contribution is -0.247. The molecule has 90 valence electrons. The van der Waals surface area contributed by atoms with E-state index in [1.807, 2.05) is 25.1 Å². The second kappa shape index (κ2) is 7.85. The van der Waals surface area contributed by atoms with Gasteiger partial charge in [0, 0.05) is 14.2 Å². The summed E-state index contributed by atoms with van der Waals surface area (Å²) in [4.78, 5) is 1.91. The predicted octanol–water partition coefficient (Wildman–Crippen LogP) is 2.63. The van der Waals surface area contributed by atoms with Gasteiger partial charge in [-0.1, -0.05) is 25.8 Å². The summed E-state index contributed by atoms with van der Waals surface area (Å²) in [5.41, 5.74) is 0. The molecule has 0 aromatic rings. The van der Waals surface area contributed by atoms with Crippen molar-refractivity contribution in [2.75, 3.05) is 28.3 Å². The van der Waals surface area contributed by atoms with Crippen LogP contribution in [0.15, 0.2) is 12.2 Å². The Morgan fingerprint density at radius 3 is 2.13 bits per heavy atom. The van der Waals surface area contributed by atoms with Crippen LogP contribution in [0.25, 0.3) is 0 Å². The van der Waals surface area contributed by atoms with Gasteiger partial charge in [0.2, 0.25) is 5.91 Å². The first-order valence-corrected chi connectivity index (χ1v) is 5.58. The van der Waals surface area contributed by atoms with Gasteiger partial charge >= 0.3 is 0 Å². The van der Waals surface area contributed by atoms with E-state index >= 15 is 0 Å². The van der Waals surface area contributed by atoms with Crippen LogP contribution >= 0.6 is 0 Å². The highest BCUT2D eigenvalue weighted by molar-refractivity contribution is 4.94. The summed E-state index contributed by atoms with van der Waals surface area (Å²) >= 11 is 0. The molecular formula is C12H25NO2. The summed E-state index contributed by atoms with van der Waals surface area (Å²) in [5, 5.41) is 0. The number of hydrogen-bond donors (Lipinski definition) is 0. The van der Waals surface area contributed by atoms with Gasteiger partial charge in [-0.15, -0.1) is 0 Å². The fourth-order valence-corrected chi connectivity index (χ4v) is 1.48. The molecule has 0 saturated carbocycles. The molecular weight excluding hydrogens is 190 g/mol. The third-order valence-electron chi connectivity index (χ3n) is 2.51. The highest BCUT2D eigenvalue weighted by atomic mass is 16.7. The normalized spacial score (nSPS) is 12.9. The van der Waals surface area contributed by atoms with Gasteiger partial charge in [0.1, 0.15) is 0 Å². The molecule has 0 radical (unpaired) electrons. The smallest absolute Gasteiger partial charge is 0.250 e. The van der Waals surface area contributed by atoms with E-state index in [9.17, 15) is 0 Å². The molecule has 0 saturated heterocycles. The highest BCUT2D eigenvalue weighted by Crippen LogP contribution is 2.16. The van der Waals surface area contributed by atoms with Gasteiger partial charge in [0.25, 0.3) is 0 Å². The molecule has 0 bridgehead atoms. The molecule has 0 unspecified atom stereocenters. The lowest BCUT2D eigenvalue weighted by Gasteiger charge is -2.33. The summed E-state index contributed by atoms with van der Waals surface area (Å²) < 4.78 is 10.7. The third-order valence-corrected chi connectivity index (χ3v) is 2.51. The topological polar surface area (TPSA) is 21.7 Å². The van der Waals surface area contributed by atoms with Crippen molar-refractivity contribution in [1.29, 1.82) is 0 Å². The monoisotopic (exact) mass is 215 g/mol. The lowest BCUT2D eigenvalue weighted by atomic mass is 10.2. The van der Waals surface area contributed by atoms with Crippen molar-refractivity contribution in [1.82, 2.24) is 4.90 Å². The predicted molar refractivity (Wildman–Crippen MR) is 63.7 cm³/mol. The van der Waals surface area contributed by atoms with Crippen LogP contribution in [0.1, 0.15) is 32.6 Å². The molecule has 3 heteroatoms. The van der Waals surface area contributed by atoms with Gasteiger partial charge in [-0.05, 0) is 33.0 Å². The number of rotatable bonds is 8. The Kier molecular flexibility index (Phi) is 7.65. The zero-order chi connectivity index (χ0) is 11.7. The van der Waals surface area contributed by atoms with E-state index in [0.29, 0.717) is 0 Å². The molecule has 0 heterocycles. The van der Waals surface area contributed by atoms with Crippen molar-refractivity contribution in [2.45, 2.75) is 38.5 Å². The molecule has 0 rings (SSSR count). The average Bonchev–Trinajstić information content (AvgIpc) is 2.23. The van der Waals surface area contributed by atoms with Crippen LogP contribution in [0.4, 0.5) is 0 Å². The summed E-state index contributed by atoms with van der Waals surface area (Å²) in [5.74, 6) is -0.716. The first-order chi connectivity index (χ1) is 7.13. The van der Waals surface area contributed by atoms with Gasteiger partial charge in [-0.25, -0.2) is 0 Å². The molecule has 0 N–H and O–H groups in total. The van der Waals surface area contributed by atoms with Gasteiger partial charge in [-0.2, -0.15) is 0 Å². The van der Waals surface area contributed by atoms with E-state index in [0.717, 1.165) is 6.42 Å². The molecule has 3 nitrogen and oxygen atoms in total. The minimum atomic E-state index is -0.716. The van der Waals surface area contributed by atoms with Crippen molar-refractivity contribution in [3.8, 4) is 0 Å². The van der Waals surface area contributed by atoms with Crippen LogP contribution < -0.4 is 0 Å². The molecule has 0 aliphatic rings. The maximum Gasteiger partial charge on any atom is 0.250 e. The van der Waals surface area contributed by atoms with Gasteiger partial charge in [0.05, 0.1) is 0 Å². The lowest BCUT2D eigenvalue weighted by Crippen LogP contribution is -2.45. The largest absolute Gasteiger partial charge is 0.337 e. The van der Waals surface area contributed by atoms with Gasteiger partial charge < -0.3 is 9.47 Å². The van der Waals surface area contributed by atoms with Crippen molar-refractivity contribution >= 4 is 0 Å². The highest BCUT2D eigenvalue weighted by Gasteiger charge is 2.28. The number of allylic oxidation sites excluding steroid dienone is 1. The Morgan fingerprint density at radius 2 is 1.73 bits per heavy atom. The maximum atomic E-state index is 5.37. The number of hydrogen-bond acceptors (Lipinski definition) is 3. The van der Waals surface area contributed by atoms with E-state index in [4.69, 9.17) is 9.47 Å². The van der Waals surface area contributed by atoms with Gasteiger partial charge in [-0.3, -0.25) is 4.90 Å². The molecule has 0 aromatic heterocycles. The number of ether oxygens (including phenoxy) is 2. The first-order valence-electron chi connectivity index (χ1n) is 5.58. The van der Waals surface area contributed by atoms with E-state index in [1.54, 1.807) is 14.2 Å². The molecule has 0 aromatic carbocycles. The zero-order valence-electron chi connectivity index (χ0n) is 10.7. The Bertz CT molecular complexity index is 174. The van der Waals surface area contributed by atoms with Gasteiger partial charge in [0.15, 0.2) is 0 Å². The fourth-order valence-electron chi connectivity index (χ4n) is 1.48. The quantitative estimate of drug-likeness (QED) is 0.353. The number of methoxy groups -OCH3 is 2. The summed E-state index contributed by atoms with van der Waals surface area (Å²) in [6.45, 7) is 2.21. The standard InChI is InChI=1S/C12H25NO2/c1-6-7-8-9-10-11-12(14-4,15-5)13(2)3/h10-11H,6-9H2,1-5H3. The molecule has 0 spiro atoms. The SMILES string of the molecule is CCCCCC=CC(OC)(OC)N(C)C. The minimum Gasteiger partial charge on any atom is -0.337 e. The number of unbranched alkanes of at least 4 members (excludes halogenated alkanes) is 3. The molecule has 0 aliphatic carbocycles. The summed E-state index contributed by atoms with van der Waals surface area (Å²) in [7, 11) is 7.17. The van der Waals surface area contributed by atoms with Crippen molar-refractivity contribution in [3.63, 3.8) is 0 Å². The Morgan fingerprint density at radius 1 is 1.13 bits per heavy atom. The number of likely N-dealkylation sites (N-methyl/N-ethyl adjacent to an activating group) is 1. The zero-order valence-corrected chi connectivity index (χ0v) is 10.7. The van der Waals surface area contributed by atoms with Crippen molar-refractivity contribution < 1.29 is 9.47 Å². The van der Waals surface area contributed by atoms with Crippen LogP contribution in [0.5, 0.6) is 0 Å². The molecule has 15 heavy (non-hydrogen) atoms. The first kappa shape index (κ1) is 14.6. The van der Waals surface area contributed by atoms with Crippen molar-refractivity contribution in [2.24, 2.45) is 0 Å². The van der Waals surface area contributed by atoms with Crippen molar-refractivity contribution in [3.05, 3.63) is 12.2 Å². The molecule has 0 atom stereocenters. The molecule has 0 amide bonds. The second-order valence-electron chi connectivity index (χ2n) is 3.83. The maximum absolute atomic E-state index is 5.37. The molecule has 0 fully saturated rings. The van der Waals surface area contributed by atoms with Crippen LogP contribution in [-0.2, 0) is 9.47 Å². The van der Waals surface area contributed by atoms with E-state index in [1.165, 1.54) is 19.3 Å². The Hall–Kier alpha value is -0.380. The average molecular weight is 215 g/mol.